The molecule has 0 saturated heterocycles. The van der Waals surface area contributed by atoms with E-state index in [1.807, 2.05) is 0 Å². The monoisotopic (exact) mass is 424 g/mol. The second-order valence-electron chi connectivity index (χ2n) is 5.08. The Kier molecular flexibility index (Phi) is 7.54. The summed E-state index contributed by atoms with van der Waals surface area (Å²) in [7, 11) is 0. The smallest absolute Gasteiger partial charge is 0.329 e. The summed E-state index contributed by atoms with van der Waals surface area (Å²) in [5.74, 6) is -2.93. The van der Waals surface area contributed by atoms with E-state index in [4.69, 9.17) is 24.4 Å². The molecule has 12 heteroatoms. The van der Waals surface area contributed by atoms with E-state index in [0.29, 0.717) is 11.4 Å². The lowest BCUT2D eigenvalue weighted by Gasteiger charge is -2.13. The highest BCUT2D eigenvalue weighted by atomic mass is 32.1. The van der Waals surface area contributed by atoms with Crippen LogP contribution in [0.3, 0.4) is 0 Å². The second kappa shape index (κ2) is 10.1. The number of halogens is 2. The van der Waals surface area contributed by atoms with Crippen molar-refractivity contribution in [1.29, 1.82) is 0 Å². The number of amides is 2. The van der Waals surface area contributed by atoms with Gasteiger partial charge in [-0.05, 0) is 73.0 Å². The Balaban J connectivity index is 1.69. The topological polar surface area (TPSA) is 106 Å². The van der Waals surface area contributed by atoms with Gasteiger partial charge in [-0.15, -0.1) is 0 Å². The summed E-state index contributed by atoms with van der Waals surface area (Å²) in [5, 5.41) is 5.32. The van der Waals surface area contributed by atoms with Crippen LogP contribution in [-0.2, 0) is 9.59 Å². The molecule has 0 fully saturated rings. The fraction of sp³-hybridized carbons (Fsp3) is 0. The Morgan fingerprint density at radius 3 is 1.25 bits per heavy atom. The lowest BCUT2D eigenvalue weighted by Crippen LogP contribution is -2.53. The molecule has 6 N–H and O–H groups in total. The number of hydrogen-bond acceptors (Lipinski definition) is 4. The van der Waals surface area contributed by atoms with E-state index in [1.165, 1.54) is 48.5 Å². The molecule has 146 valence electrons. The van der Waals surface area contributed by atoms with Crippen LogP contribution in [0, 0.1) is 11.6 Å². The number of hydrazine groups is 2. The van der Waals surface area contributed by atoms with Crippen LogP contribution in [0.5, 0.6) is 0 Å². The van der Waals surface area contributed by atoms with E-state index in [9.17, 15) is 18.4 Å². The minimum atomic E-state index is -1.06. The number of nitrogens with one attached hydrogen (secondary N) is 6. The van der Waals surface area contributed by atoms with Gasteiger partial charge in [0.05, 0.1) is 0 Å². The minimum Gasteiger partial charge on any atom is -0.331 e. The highest BCUT2D eigenvalue weighted by Crippen LogP contribution is 2.08. The standard InChI is InChI=1S/C16H14F2N6O2S2/c17-9-1-5-11(6-2-9)19-15(27)23-21-13(25)14(26)22-24-16(28)20-12-7-3-10(18)4-8-12/h1-8H,(H,21,25)(H,22,26)(H2,19,23,27)(H2,20,24,28). The van der Waals surface area contributed by atoms with Gasteiger partial charge in [0.15, 0.2) is 10.2 Å². The Labute approximate surface area is 169 Å². The quantitative estimate of drug-likeness (QED) is 0.244. The molecule has 0 aliphatic heterocycles. The zero-order chi connectivity index (χ0) is 20.5. The highest BCUT2D eigenvalue weighted by molar-refractivity contribution is 7.80. The summed E-state index contributed by atoms with van der Waals surface area (Å²) in [5.41, 5.74) is 9.73. The maximum Gasteiger partial charge on any atom is 0.329 e. The zero-order valence-electron chi connectivity index (χ0n) is 14.0. The van der Waals surface area contributed by atoms with Gasteiger partial charge in [-0.3, -0.25) is 31.3 Å². The molecule has 8 nitrogen and oxygen atoms in total. The van der Waals surface area contributed by atoms with Crippen molar-refractivity contribution >= 4 is 57.8 Å². The SMILES string of the molecule is O=C(NNC(=S)Nc1ccc(F)cc1)C(=O)NNC(=S)Nc1ccc(F)cc1. The summed E-state index contributed by atoms with van der Waals surface area (Å²) in [6, 6.07) is 10.7. The molecule has 0 atom stereocenters. The Hall–Kier alpha value is -3.38. The number of thiocarbonyl (C=S) groups is 2. The van der Waals surface area contributed by atoms with Crippen LogP contribution in [0.4, 0.5) is 20.2 Å². The van der Waals surface area contributed by atoms with Crippen molar-refractivity contribution in [3.63, 3.8) is 0 Å². The van der Waals surface area contributed by atoms with Gasteiger partial charge in [0.25, 0.3) is 0 Å². The van der Waals surface area contributed by atoms with Gasteiger partial charge in [0.1, 0.15) is 11.6 Å². The molecule has 0 saturated carbocycles. The van der Waals surface area contributed by atoms with Crippen LogP contribution in [0.2, 0.25) is 0 Å². The largest absolute Gasteiger partial charge is 0.331 e. The number of anilines is 2. The van der Waals surface area contributed by atoms with Crippen LogP contribution in [-0.4, -0.2) is 22.0 Å². The van der Waals surface area contributed by atoms with E-state index in [1.54, 1.807) is 0 Å². The van der Waals surface area contributed by atoms with Crippen LogP contribution in [0.15, 0.2) is 48.5 Å². The predicted molar refractivity (Wildman–Crippen MR) is 108 cm³/mol. The summed E-state index contributed by atoms with van der Waals surface area (Å²) >= 11 is 9.85. The lowest BCUT2D eigenvalue weighted by molar-refractivity contribution is -0.139. The predicted octanol–water partition coefficient (Wildman–Crippen LogP) is 1.30. The van der Waals surface area contributed by atoms with Crippen LogP contribution < -0.4 is 32.3 Å². The normalized spacial score (nSPS) is 9.64. The van der Waals surface area contributed by atoms with Gasteiger partial charge in [0.2, 0.25) is 0 Å². The molecule has 28 heavy (non-hydrogen) atoms. The van der Waals surface area contributed by atoms with E-state index in [0.717, 1.165) is 0 Å². The molecule has 0 aliphatic carbocycles. The fourth-order valence-electron chi connectivity index (χ4n) is 1.73. The molecule has 0 bridgehead atoms. The molecular weight excluding hydrogens is 410 g/mol. The first-order valence-electron chi connectivity index (χ1n) is 7.59. The van der Waals surface area contributed by atoms with Crippen LogP contribution in [0.1, 0.15) is 0 Å². The van der Waals surface area contributed by atoms with Gasteiger partial charge in [0, 0.05) is 11.4 Å². The number of hydrogen-bond donors (Lipinski definition) is 6. The van der Waals surface area contributed by atoms with Gasteiger partial charge >= 0.3 is 11.8 Å². The molecule has 0 spiro atoms. The fourth-order valence-corrected chi connectivity index (χ4v) is 2.07. The first-order valence-corrected chi connectivity index (χ1v) is 8.40. The summed E-state index contributed by atoms with van der Waals surface area (Å²) in [6.45, 7) is 0. The number of carbonyl (C=O) groups excluding carboxylic acids is 2. The van der Waals surface area contributed by atoms with Crippen LogP contribution >= 0.6 is 24.4 Å². The molecule has 2 rings (SSSR count). The van der Waals surface area contributed by atoms with Crippen molar-refractivity contribution < 1.29 is 18.4 Å². The van der Waals surface area contributed by atoms with Gasteiger partial charge in [-0.1, -0.05) is 0 Å². The maximum absolute atomic E-state index is 12.8. The van der Waals surface area contributed by atoms with Gasteiger partial charge < -0.3 is 10.6 Å². The zero-order valence-corrected chi connectivity index (χ0v) is 15.6. The lowest BCUT2D eigenvalue weighted by atomic mass is 10.3. The Morgan fingerprint density at radius 1 is 0.607 bits per heavy atom. The molecule has 2 aromatic rings. The van der Waals surface area contributed by atoms with E-state index in [-0.39, 0.29) is 10.2 Å². The highest BCUT2D eigenvalue weighted by Gasteiger charge is 2.13. The molecule has 0 radical (unpaired) electrons. The first-order chi connectivity index (χ1) is 13.3. The molecule has 0 unspecified atom stereocenters. The number of carbonyl (C=O) groups is 2. The Bertz CT molecular complexity index is 804. The first kappa shape index (κ1) is 20.9. The van der Waals surface area contributed by atoms with Gasteiger partial charge in [-0.2, -0.15) is 0 Å². The number of benzene rings is 2. The Morgan fingerprint density at radius 2 is 0.929 bits per heavy atom. The van der Waals surface area contributed by atoms with Crippen LogP contribution in [0.25, 0.3) is 0 Å². The molecular formula is C16H14F2N6O2S2. The molecule has 0 heterocycles. The second-order valence-corrected chi connectivity index (χ2v) is 5.90. The third-order valence-electron chi connectivity index (χ3n) is 2.99. The van der Waals surface area contributed by atoms with Crippen molar-refractivity contribution in [1.82, 2.24) is 21.7 Å². The molecule has 0 aromatic heterocycles. The van der Waals surface area contributed by atoms with E-state index >= 15 is 0 Å². The minimum absolute atomic E-state index is 0.0192. The third-order valence-corrected chi connectivity index (χ3v) is 3.40. The summed E-state index contributed by atoms with van der Waals surface area (Å²) < 4.78 is 25.6. The molecule has 2 amide bonds. The summed E-state index contributed by atoms with van der Waals surface area (Å²) in [4.78, 5) is 23.4. The molecule has 0 aliphatic rings. The average molecular weight is 424 g/mol. The van der Waals surface area contributed by atoms with E-state index in [2.05, 4.69) is 32.3 Å². The van der Waals surface area contributed by atoms with E-state index < -0.39 is 23.4 Å². The number of rotatable bonds is 2. The van der Waals surface area contributed by atoms with Crippen molar-refractivity contribution in [2.75, 3.05) is 10.6 Å². The average Bonchev–Trinajstić information content (AvgIpc) is 2.67. The molecule has 2 aromatic carbocycles. The summed E-state index contributed by atoms with van der Waals surface area (Å²) in [6.07, 6.45) is 0. The van der Waals surface area contributed by atoms with Crippen molar-refractivity contribution in [2.45, 2.75) is 0 Å². The third kappa shape index (κ3) is 7.09. The maximum atomic E-state index is 12.8. The van der Waals surface area contributed by atoms with Crippen molar-refractivity contribution in [3.05, 3.63) is 60.2 Å². The van der Waals surface area contributed by atoms with Crippen molar-refractivity contribution in [2.24, 2.45) is 0 Å². The van der Waals surface area contributed by atoms with Crippen molar-refractivity contribution in [3.8, 4) is 0 Å². The van der Waals surface area contributed by atoms with Gasteiger partial charge in [-0.25, -0.2) is 8.78 Å².